The third-order valence-electron chi connectivity index (χ3n) is 4.47. The van der Waals surface area contributed by atoms with E-state index >= 15 is 0 Å². The van der Waals surface area contributed by atoms with Gasteiger partial charge in [0.2, 0.25) is 0 Å². The summed E-state index contributed by atoms with van der Waals surface area (Å²) in [5, 5.41) is 16.5. The van der Waals surface area contributed by atoms with Gasteiger partial charge in [-0.25, -0.2) is 0 Å². The van der Waals surface area contributed by atoms with Crippen LogP contribution in [0.5, 0.6) is 0 Å². The minimum absolute atomic E-state index is 0.0546. The van der Waals surface area contributed by atoms with Crippen molar-refractivity contribution < 1.29 is 14.5 Å². The Kier molecular flexibility index (Phi) is 6.44. The van der Waals surface area contributed by atoms with Crippen LogP contribution in [-0.2, 0) is 0 Å². The molecule has 152 valence electrons. The predicted molar refractivity (Wildman–Crippen MR) is 115 cm³/mol. The van der Waals surface area contributed by atoms with Crippen LogP contribution in [0.25, 0.3) is 0 Å². The first kappa shape index (κ1) is 21.0. The van der Waals surface area contributed by atoms with Crippen LogP contribution in [0.1, 0.15) is 39.2 Å². The second-order valence-corrected chi connectivity index (χ2v) is 6.94. The first-order valence-electron chi connectivity index (χ1n) is 9.07. The zero-order chi connectivity index (χ0) is 21.7. The van der Waals surface area contributed by atoms with E-state index in [1.54, 1.807) is 24.3 Å². The summed E-state index contributed by atoms with van der Waals surface area (Å²) in [4.78, 5) is 35.8. The fourth-order valence-corrected chi connectivity index (χ4v) is 3.06. The Bertz CT molecular complexity index is 1100. The van der Waals surface area contributed by atoms with Crippen molar-refractivity contribution in [2.45, 2.75) is 13.0 Å². The van der Waals surface area contributed by atoms with Gasteiger partial charge in [0.25, 0.3) is 17.5 Å². The van der Waals surface area contributed by atoms with Gasteiger partial charge in [0.1, 0.15) is 5.02 Å². The summed E-state index contributed by atoms with van der Waals surface area (Å²) in [6, 6.07) is 19.6. The molecular weight excluding hydrogens is 406 g/mol. The maximum absolute atomic E-state index is 12.8. The second-order valence-electron chi connectivity index (χ2n) is 6.53. The van der Waals surface area contributed by atoms with E-state index in [0.29, 0.717) is 0 Å². The molecule has 2 amide bonds. The van der Waals surface area contributed by atoms with Crippen LogP contribution in [0.3, 0.4) is 0 Å². The molecule has 0 aliphatic heterocycles. The van der Waals surface area contributed by atoms with Crippen LogP contribution in [0.2, 0.25) is 5.02 Å². The molecule has 0 spiro atoms. The van der Waals surface area contributed by atoms with Crippen molar-refractivity contribution in [3.05, 3.63) is 105 Å². The highest BCUT2D eigenvalue weighted by Crippen LogP contribution is 2.26. The molecule has 0 heterocycles. The Balaban J connectivity index is 1.80. The van der Waals surface area contributed by atoms with E-state index < -0.39 is 10.8 Å². The molecule has 0 fully saturated rings. The molecule has 8 heteroatoms. The van der Waals surface area contributed by atoms with Crippen molar-refractivity contribution in [1.29, 1.82) is 0 Å². The lowest BCUT2D eigenvalue weighted by atomic mass is 10.1. The molecule has 1 atom stereocenters. The van der Waals surface area contributed by atoms with E-state index in [-0.39, 0.29) is 39.5 Å². The second kappa shape index (κ2) is 9.19. The van der Waals surface area contributed by atoms with Crippen LogP contribution in [-0.4, -0.2) is 16.7 Å². The maximum Gasteiger partial charge on any atom is 0.288 e. The average molecular weight is 424 g/mol. The zero-order valence-corrected chi connectivity index (χ0v) is 16.7. The number of para-hydroxylation sites is 1. The van der Waals surface area contributed by atoms with E-state index in [1.165, 1.54) is 12.1 Å². The van der Waals surface area contributed by atoms with Gasteiger partial charge in [0.15, 0.2) is 0 Å². The van der Waals surface area contributed by atoms with E-state index in [0.717, 1.165) is 11.6 Å². The summed E-state index contributed by atoms with van der Waals surface area (Å²) in [5.74, 6) is -0.949. The van der Waals surface area contributed by atoms with Crippen LogP contribution in [0.15, 0.2) is 72.8 Å². The molecule has 3 aromatic carbocycles. The standard InChI is InChI=1S/C22H18ClN3O4/c1-14(15-7-3-2-4-8-15)24-22(28)17-9-5-6-10-19(17)25-21(27)16-11-12-18(23)20(13-16)26(29)30/h2-14H,1H3,(H,24,28)(H,25,27)/t14-/m0/s1. The van der Waals surface area contributed by atoms with Crippen LogP contribution >= 0.6 is 11.6 Å². The Morgan fingerprint density at radius 3 is 2.33 bits per heavy atom. The predicted octanol–water partition coefficient (Wildman–Crippen LogP) is 4.99. The molecule has 0 aliphatic rings. The van der Waals surface area contributed by atoms with Crippen LogP contribution < -0.4 is 10.6 Å². The number of benzene rings is 3. The third-order valence-corrected chi connectivity index (χ3v) is 4.79. The van der Waals surface area contributed by atoms with Gasteiger partial charge in [-0.1, -0.05) is 54.1 Å². The Morgan fingerprint density at radius 2 is 1.63 bits per heavy atom. The lowest BCUT2D eigenvalue weighted by Crippen LogP contribution is -2.28. The molecule has 7 nitrogen and oxygen atoms in total. The molecule has 0 bridgehead atoms. The number of hydrogen-bond acceptors (Lipinski definition) is 4. The van der Waals surface area contributed by atoms with Crippen molar-refractivity contribution >= 4 is 34.8 Å². The van der Waals surface area contributed by atoms with E-state index in [2.05, 4.69) is 10.6 Å². The summed E-state index contributed by atoms with van der Waals surface area (Å²) in [6.07, 6.45) is 0. The number of carbonyl (C=O) groups excluding carboxylic acids is 2. The monoisotopic (exact) mass is 423 g/mol. The van der Waals surface area contributed by atoms with Gasteiger partial charge in [-0.3, -0.25) is 19.7 Å². The van der Waals surface area contributed by atoms with Gasteiger partial charge in [0.05, 0.1) is 22.2 Å². The molecule has 2 N–H and O–H groups in total. The van der Waals surface area contributed by atoms with Crippen molar-refractivity contribution in [2.75, 3.05) is 5.32 Å². The average Bonchev–Trinajstić information content (AvgIpc) is 2.74. The summed E-state index contributed by atoms with van der Waals surface area (Å²) >= 11 is 5.80. The number of halogens is 1. The molecule has 0 saturated heterocycles. The zero-order valence-electron chi connectivity index (χ0n) is 16.0. The summed E-state index contributed by atoms with van der Waals surface area (Å²) in [7, 11) is 0. The number of nitrogens with zero attached hydrogens (tertiary/aromatic N) is 1. The minimum atomic E-state index is -0.661. The number of amides is 2. The summed E-state index contributed by atoms with van der Waals surface area (Å²) < 4.78 is 0. The van der Waals surface area contributed by atoms with Crippen molar-refractivity contribution in [3.8, 4) is 0 Å². The van der Waals surface area contributed by atoms with Gasteiger partial charge in [-0.15, -0.1) is 0 Å². The number of carbonyl (C=O) groups is 2. The topological polar surface area (TPSA) is 101 Å². The lowest BCUT2D eigenvalue weighted by Gasteiger charge is -2.16. The Morgan fingerprint density at radius 1 is 0.967 bits per heavy atom. The first-order chi connectivity index (χ1) is 14.4. The number of nitrogens with one attached hydrogen (secondary N) is 2. The highest BCUT2D eigenvalue weighted by atomic mass is 35.5. The summed E-state index contributed by atoms with van der Waals surface area (Å²) in [5.41, 5.74) is 1.20. The quantitative estimate of drug-likeness (QED) is 0.430. The number of nitro groups is 1. The number of anilines is 1. The van der Waals surface area contributed by atoms with Gasteiger partial charge in [0, 0.05) is 11.6 Å². The van der Waals surface area contributed by atoms with E-state index in [4.69, 9.17) is 11.6 Å². The van der Waals surface area contributed by atoms with Crippen molar-refractivity contribution in [2.24, 2.45) is 0 Å². The Hall–Kier alpha value is -3.71. The SMILES string of the molecule is C[C@H](NC(=O)c1ccccc1NC(=O)c1ccc(Cl)c([N+](=O)[O-])c1)c1ccccc1. The van der Waals surface area contributed by atoms with Gasteiger partial charge < -0.3 is 10.6 Å². The van der Waals surface area contributed by atoms with Gasteiger partial charge >= 0.3 is 0 Å². The molecular formula is C22H18ClN3O4. The highest BCUT2D eigenvalue weighted by Gasteiger charge is 2.19. The number of nitro benzene ring substituents is 1. The fraction of sp³-hybridized carbons (Fsp3) is 0.0909. The van der Waals surface area contributed by atoms with Crippen molar-refractivity contribution in [3.63, 3.8) is 0 Å². The summed E-state index contributed by atoms with van der Waals surface area (Å²) in [6.45, 7) is 1.86. The largest absolute Gasteiger partial charge is 0.345 e. The van der Waals surface area contributed by atoms with Crippen LogP contribution in [0.4, 0.5) is 11.4 Å². The fourth-order valence-electron chi connectivity index (χ4n) is 2.88. The molecule has 0 saturated carbocycles. The number of rotatable bonds is 6. The molecule has 30 heavy (non-hydrogen) atoms. The van der Waals surface area contributed by atoms with Gasteiger partial charge in [-0.05, 0) is 36.8 Å². The Labute approximate surface area is 177 Å². The molecule has 0 aliphatic carbocycles. The lowest BCUT2D eigenvalue weighted by molar-refractivity contribution is -0.384. The molecule has 0 radical (unpaired) electrons. The van der Waals surface area contributed by atoms with E-state index in [9.17, 15) is 19.7 Å². The first-order valence-corrected chi connectivity index (χ1v) is 9.44. The molecule has 3 aromatic rings. The highest BCUT2D eigenvalue weighted by molar-refractivity contribution is 6.32. The molecule has 0 aromatic heterocycles. The minimum Gasteiger partial charge on any atom is -0.345 e. The van der Waals surface area contributed by atoms with Crippen LogP contribution in [0, 0.1) is 10.1 Å². The van der Waals surface area contributed by atoms with Gasteiger partial charge in [-0.2, -0.15) is 0 Å². The van der Waals surface area contributed by atoms with E-state index in [1.807, 2.05) is 37.3 Å². The molecule has 0 unspecified atom stereocenters. The smallest absolute Gasteiger partial charge is 0.288 e. The van der Waals surface area contributed by atoms with Crippen molar-refractivity contribution in [1.82, 2.24) is 5.32 Å². The third kappa shape index (κ3) is 4.82. The maximum atomic E-state index is 12.8. The number of hydrogen-bond donors (Lipinski definition) is 2. The normalized spacial score (nSPS) is 11.4. The molecule has 3 rings (SSSR count).